The third kappa shape index (κ3) is 4.80. The zero-order valence-electron chi connectivity index (χ0n) is 15.0. The van der Waals surface area contributed by atoms with Crippen molar-refractivity contribution in [1.82, 2.24) is 9.88 Å². The third-order valence-corrected chi connectivity index (χ3v) is 4.07. The molecule has 0 saturated carbocycles. The molecule has 130 valence electrons. The van der Waals surface area contributed by atoms with Crippen LogP contribution in [0.4, 0.5) is 5.82 Å². The van der Waals surface area contributed by atoms with Crippen molar-refractivity contribution in [2.24, 2.45) is 5.92 Å². The molecule has 5 nitrogen and oxygen atoms in total. The lowest BCUT2D eigenvalue weighted by Gasteiger charge is -2.10. The molecule has 0 bridgehead atoms. The SMILES string of the molecule is CC.Cc1cccc(-c2ccc(NC(=O)C3CCN(C#N)C3)nc2)c1. The van der Waals surface area contributed by atoms with E-state index in [9.17, 15) is 4.79 Å². The van der Waals surface area contributed by atoms with E-state index in [1.165, 1.54) is 5.56 Å². The van der Waals surface area contributed by atoms with Crippen LogP contribution in [0.15, 0.2) is 42.6 Å². The zero-order valence-corrected chi connectivity index (χ0v) is 15.0. The first-order chi connectivity index (χ1) is 12.2. The average molecular weight is 336 g/mol. The zero-order chi connectivity index (χ0) is 18.2. The van der Waals surface area contributed by atoms with E-state index in [-0.39, 0.29) is 11.8 Å². The van der Waals surface area contributed by atoms with Gasteiger partial charge < -0.3 is 10.2 Å². The second-order valence-corrected chi connectivity index (χ2v) is 5.82. The summed E-state index contributed by atoms with van der Waals surface area (Å²) in [6, 6.07) is 12.0. The summed E-state index contributed by atoms with van der Waals surface area (Å²) in [5, 5.41) is 11.7. The van der Waals surface area contributed by atoms with Gasteiger partial charge in [-0.05, 0) is 31.0 Å². The largest absolute Gasteiger partial charge is 0.310 e. The lowest BCUT2D eigenvalue weighted by Crippen LogP contribution is -2.25. The smallest absolute Gasteiger partial charge is 0.230 e. The van der Waals surface area contributed by atoms with Gasteiger partial charge >= 0.3 is 0 Å². The van der Waals surface area contributed by atoms with Crippen LogP contribution in [0.5, 0.6) is 0 Å². The van der Waals surface area contributed by atoms with Gasteiger partial charge in [0.1, 0.15) is 5.82 Å². The van der Waals surface area contributed by atoms with Crippen LogP contribution in [0.3, 0.4) is 0 Å². The summed E-state index contributed by atoms with van der Waals surface area (Å²) >= 11 is 0. The van der Waals surface area contributed by atoms with Crippen molar-refractivity contribution in [1.29, 1.82) is 5.26 Å². The molecule has 2 aromatic rings. The fourth-order valence-corrected chi connectivity index (χ4v) is 2.76. The second kappa shape index (κ2) is 8.84. The third-order valence-electron chi connectivity index (χ3n) is 4.07. The molecule has 0 spiro atoms. The molecule has 5 heteroatoms. The van der Waals surface area contributed by atoms with E-state index in [0.717, 1.165) is 11.1 Å². The van der Waals surface area contributed by atoms with Crippen molar-refractivity contribution in [3.8, 4) is 17.3 Å². The number of aromatic nitrogens is 1. The molecule has 2 heterocycles. The normalized spacial score (nSPS) is 15.8. The van der Waals surface area contributed by atoms with E-state index in [1.54, 1.807) is 11.1 Å². The highest BCUT2D eigenvalue weighted by Crippen LogP contribution is 2.21. The maximum absolute atomic E-state index is 12.2. The summed E-state index contributed by atoms with van der Waals surface area (Å²) < 4.78 is 0. The number of carbonyl (C=O) groups is 1. The number of anilines is 1. The van der Waals surface area contributed by atoms with Crippen LogP contribution in [0.25, 0.3) is 11.1 Å². The molecule has 1 aliphatic heterocycles. The quantitative estimate of drug-likeness (QED) is 0.865. The number of nitrogens with one attached hydrogen (secondary N) is 1. The molecule has 0 aliphatic carbocycles. The first-order valence-corrected chi connectivity index (χ1v) is 8.64. The van der Waals surface area contributed by atoms with E-state index in [2.05, 4.69) is 35.6 Å². The molecule has 1 aliphatic rings. The molecule has 1 atom stereocenters. The van der Waals surface area contributed by atoms with Crippen LogP contribution in [0.2, 0.25) is 0 Å². The molecule has 1 aromatic carbocycles. The number of benzene rings is 1. The van der Waals surface area contributed by atoms with Gasteiger partial charge in [-0.25, -0.2) is 4.98 Å². The Bertz CT molecular complexity index is 749. The van der Waals surface area contributed by atoms with E-state index < -0.39 is 0 Å². The minimum absolute atomic E-state index is 0.0708. The summed E-state index contributed by atoms with van der Waals surface area (Å²) in [6.45, 7) is 7.19. The summed E-state index contributed by atoms with van der Waals surface area (Å²) in [7, 11) is 0. The average Bonchev–Trinajstić information content (AvgIpc) is 3.13. The van der Waals surface area contributed by atoms with Gasteiger partial charge in [0, 0.05) is 24.8 Å². The van der Waals surface area contributed by atoms with Crippen molar-refractivity contribution in [3.63, 3.8) is 0 Å². The van der Waals surface area contributed by atoms with Crippen LogP contribution in [-0.2, 0) is 4.79 Å². The Balaban J connectivity index is 0.00000109. The number of hydrogen-bond acceptors (Lipinski definition) is 4. The number of aryl methyl sites for hydroxylation is 1. The molecule has 1 fully saturated rings. The number of carbonyl (C=O) groups excluding carboxylic acids is 1. The highest BCUT2D eigenvalue weighted by atomic mass is 16.2. The highest BCUT2D eigenvalue weighted by molar-refractivity contribution is 5.92. The number of hydrogen-bond donors (Lipinski definition) is 1. The monoisotopic (exact) mass is 336 g/mol. The van der Waals surface area contributed by atoms with Gasteiger partial charge in [-0.1, -0.05) is 43.7 Å². The van der Waals surface area contributed by atoms with Gasteiger partial charge in [0.2, 0.25) is 5.91 Å². The summed E-state index contributed by atoms with van der Waals surface area (Å²) in [5.41, 5.74) is 3.32. The predicted octanol–water partition coefficient (Wildman–Crippen LogP) is 3.82. The van der Waals surface area contributed by atoms with Gasteiger partial charge in [-0.3, -0.25) is 4.79 Å². The summed E-state index contributed by atoms with van der Waals surface area (Å²) in [5.74, 6) is 0.327. The highest BCUT2D eigenvalue weighted by Gasteiger charge is 2.27. The lowest BCUT2D eigenvalue weighted by molar-refractivity contribution is -0.119. The van der Waals surface area contributed by atoms with E-state index in [0.29, 0.717) is 25.3 Å². The van der Waals surface area contributed by atoms with Crippen LogP contribution in [-0.4, -0.2) is 28.9 Å². The van der Waals surface area contributed by atoms with Crippen LogP contribution >= 0.6 is 0 Å². The van der Waals surface area contributed by atoms with Gasteiger partial charge in [0.05, 0.1) is 5.92 Å². The molecule has 1 N–H and O–H groups in total. The lowest BCUT2D eigenvalue weighted by atomic mass is 10.1. The summed E-state index contributed by atoms with van der Waals surface area (Å²) in [4.78, 5) is 18.1. The molecule has 0 radical (unpaired) electrons. The van der Waals surface area contributed by atoms with Gasteiger partial charge in [-0.15, -0.1) is 0 Å². The number of nitriles is 1. The molecule has 25 heavy (non-hydrogen) atoms. The fourth-order valence-electron chi connectivity index (χ4n) is 2.76. The van der Waals surface area contributed by atoms with Crippen molar-refractivity contribution >= 4 is 11.7 Å². The second-order valence-electron chi connectivity index (χ2n) is 5.82. The number of nitrogens with zero attached hydrogens (tertiary/aromatic N) is 3. The van der Waals surface area contributed by atoms with Gasteiger partial charge in [0.15, 0.2) is 6.19 Å². The number of rotatable bonds is 3. The van der Waals surface area contributed by atoms with Crippen molar-refractivity contribution in [2.45, 2.75) is 27.2 Å². The Kier molecular flexibility index (Phi) is 6.53. The van der Waals surface area contributed by atoms with Crippen molar-refractivity contribution < 1.29 is 4.79 Å². The molecule has 1 amide bonds. The Labute approximate surface area is 149 Å². The maximum Gasteiger partial charge on any atom is 0.230 e. The topological polar surface area (TPSA) is 69.0 Å². The molecular formula is C20H24N4O. The summed E-state index contributed by atoms with van der Waals surface area (Å²) in [6.07, 6.45) is 4.55. The van der Waals surface area contributed by atoms with Crippen molar-refractivity contribution in [3.05, 3.63) is 48.2 Å². The Morgan fingerprint density at radius 3 is 2.68 bits per heavy atom. The fraction of sp³-hybridized carbons (Fsp3) is 0.350. The standard InChI is InChI=1S/C18H18N4O.C2H6/c1-13-3-2-4-14(9-13)15-5-6-17(20-10-15)21-18(23)16-7-8-22(11-16)12-19;1-2/h2-6,9-10,16H,7-8,11H2,1H3,(H,20,21,23);1-2H3. The van der Waals surface area contributed by atoms with Crippen molar-refractivity contribution in [2.75, 3.05) is 18.4 Å². The molecular weight excluding hydrogens is 312 g/mol. The van der Waals surface area contributed by atoms with Crippen LogP contribution in [0, 0.1) is 24.3 Å². The molecule has 1 unspecified atom stereocenters. The van der Waals surface area contributed by atoms with E-state index in [1.807, 2.05) is 38.1 Å². The van der Waals surface area contributed by atoms with Gasteiger partial charge in [0.25, 0.3) is 0 Å². The minimum Gasteiger partial charge on any atom is -0.310 e. The number of pyridine rings is 1. The molecule has 1 saturated heterocycles. The Morgan fingerprint density at radius 1 is 1.28 bits per heavy atom. The minimum atomic E-state index is -0.145. The van der Waals surface area contributed by atoms with E-state index >= 15 is 0 Å². The number of amides is 1. The molecule has 3 rings (SSSR count). The first kappa shape index (κ1) is 18.5. The van der Waals surface area contributed by atoms with Crippen LogP contribution < -0.4 is 5.32 Å². The Hall–Kier alpha value is -2.87. The first-order valence-electron chi connectivity index (χ1n) is 8.64. The predicted molar refractivity (Wildman–Crippen MR) is 99.7 cm³/mol. The maximum atomic E-state index is 12.2. The Morgan fingerprint density at radius 2 is 2.08 bits per heavy atom. The number of likely N-dealkylation sites (tertiary alicyclic amines) is 1. The molecule has 1 aromatic heterocycles. The van der Waals surface area contributed by atoms with E-state index in [4.69, 9.17) is 5.26 Å². The van der Waals surface area contributed by atoms with Gasteiger partial charge in [-0.2, -0.15) is 5.26 Å². The van der Waals surface area contributed by atoms with Crippen LogP contribution in [0.1, 0.15) is 25.8 Å².